The number of likely N-dealkylation sites (N-methyl/N-ethyl adjacent to an activating group) is 1. The summed E-state index contributed by atoms with van der Waals surface area (Å²) in [7, 11) is 1.51. The molecular weight excluding hydrogens is 418 g/mol. The van der Waals surface area contributed by atoms with Crippen LogP contribution in [-0.2, 0) is 14.3 Å². The van der Waals surface area contributed by atoms with E-state index in [0.717, 1.165) is 5.56 Å². The molecule has 1 atom stereocenters. The van der Waals surface area contributed by atoms with Crippen LogP contribution in [0.5, 0.6) is 0 Å². The quantitative estimate of drug-likeness (QED) is 0.693. The van der Waals surface area contributed by atoms with Gasteiger partial charge in [-0.2, -0.15) is 0 Å². The minimum Gasteiger partial charge on any atom is -0.444 e. The fraction of sp³-hybridized carbons (Fsp3) is 0.348. The van der Waals surface area contributed by atoms with E-state index in [9.17, 15) is 14.4 Å². The normalized spacial score (nSPS) is 11.9. The third-order valence-corrected chi connectivity index (χ3v) is 4.71. The number of rotatable bonds is 6. The van der Waals surface area contributed by atoms with Gasteiger partial charge in [0, 0.05) is 7.05 Å². The van der Waals surface area contributed by atoms with Crippen molar-refractivity contribution in [1.82, 2.24) is 10.2 Å². The molecular formula is C23H28ClN3O4. The second kappa shape index (κ2) is 10.3. The van der Waals surface area contributed by atoms with Gasteiger partial charge in [0.25, 0.3) is 5.91 Å². The molecule has 0 radical (unpaired) electrons. The number of hydrogen-bond donors (Lipinski definition) is 2. The summed E-state index contributed by atoms with van der Waals surface area (Å²) in [5.74, 6) is -0.874. The highest BCUT2D eigenvalue weighted by Gasteiger charge is 2.29. The number of anilines is 1. The Morgan fingerprint density at radius 3 is 2.29 bits per heavy atom. The van der Waals surface area contributed by atoms with Crippen molar-refractivity contribution in [1.29, 1.82) is 0 Å². The van der Waals surface area contributed by atoms with E-state index in [0.29, 0.717) is 16.3 Å². The lowest BCUT2D eigenvalue weighted by atomic mass is 10.0. The third kappa shape index (κ3) is 7.00. The van der Waals surface area contributed by atoms with Crippen LogP contribution in [0.15, 0.2) is 48.5 Å². The highest BCUT2D eigenvalue weighted by Crippen LogP contribution is 2.28. The van der Waals surface area contributed by atoms with Gasteiger partial charge in [-0.25, -0.2) is 4.79 Å². The first-order valence-corrected chi connectivity index (χ1v) is 10.2. The van der Waals surface area contributed by atoms with Crippen LogP contribution < -0.4 is 10.6 Å². The molecule has 2 aromatic rings. The van der Waals surface area contributed by atoms with Crippen molar-refractivity contribution in [3.8, 4) is 0 Å². The standard InChI is InChI=1S/C23H28ClN3O4/c1-15-10-9-13-17(24)19(15)26-21(29)20(16-11-7-6-8-12-16)27(5)18(28)14-25-22(30)31-23(2,3)4/h6-13,20H,14H2,1-5H3,(H,25,30)(H,26,29). The number of amides is 3. The number of ether oxygens (including phenoxy) is 1. The topological polar surface area (TPSA) is 87.7 Å². The Labute approximate surface area is 187 Å². The highest BCUT2D eigenvalue weighted by atomic mass is 35.5. The van der Waals surface area contributed by atoms with E-state index in [1.165, 1.54) is 11.9 Å². The molecule has 7 nitrogen and oxygen atoms in total. The molecule has 8 heteroatoms. The zero-order valence-electron chi connectivity index (χ0n) is 18.4. The van der Waals surface area contributed by atoms with E-state index < -0.39 is 29.6 Å². The molecule has 0 aliphatic heterocycles. The van der Waals surface area contributed by atoms with Gasteiger partial charge >= 0.3 is 6.09 Å². The molecule has 0 aliphatic rings. The largest absolute Gasteiger partial charge is 0.444 e. The maximum absolute atomic E-state index is 13.2. The molecule has 0 aromatic heterocycles. The first-order chi connectivity index (χ1) is 14.5. The fourth-order valence-corrected chi connectivity index (χ4v) is 3.17. The van der Waals surface area contributed by atoms with E-state index in [-0.39, 0.29) is 6.54 Å². The van der Waals surface area contributed by atoms with Crippen LogP contribution in [0, 0.1) is 6.92 Å². The molecule has 0 bridgehead atoms. The Kier molecular flexibility index (Phi) is 8.05. The summed E-state index contributed by atoms with van der Waals surface area (Å²) in [6, 6.07) is 13.3. The molecule has 31 heavy (non-hydrogen) atoms. The Morgan fingerprint density at radius 2 is 1.71 bits per heavy atom. The van der Waals surface area contributed by atoms with Gasteiger partial charge in [0.2, 0.25) is 5.91 Å². The smallest absolute Gasteiger partial charge is 0.408 e. The van der Waals surface area contributed by atoms with Crippen molar-refractivity contribution in [2.24, 2.45) is 0 Å². The summed E-state index contributed by atoms with van der Waals surface area (Å²) in [6.07, 6.45) is -0.707. The highest BCUT2D eigenvalue weighted by molar-refractivity contribution is 6.34. The van der Waals surface area contributed by atoms with E-state index in [1.807, 2.05) is 19.1 Å². The Balaban J connectivity index is 2.20. The molecule has 2 aromatic carbocycles. The van der Waals surface area contributed by atoms with Crippen LogP contribution in [0.3, 0.4) is 0 Å². The number of aryl methyl sites for hydroxylation is 1. The Hall–Kier alpha value is -3.06. The van der Waals surface area contributed by atoms with Crippen molar-refractivity contribution < 1.29 is 19.1 Å². The maximum Gasteiger partial charge on any atom is 0.408 e. The Bertz CT molecular complexity index is 921. The zero-order chi connectivity index (χ0) is 23.2. The van der Waals surface area contributed by atoms with Gasteiger partial charge in [0.15, 0.2) is 0 Å². The van der Waals surface area contributed by atoms with Crippen molar-refractivity contribution >= 4 is 35.2 Å². The number of carbonyl (C=O) groups excluding carboxylic acids is 3. The molecule has 0 fully saturated rings. The number of nitrogens with one attached hydrogen (secondary N) is 2. The minimum absolute atomic E-state index is 0.312. The van der Waals surface area contributed by atoms with Gasteiger partial charge in [0.05, 0.1) is 10.7 Å². The minimum atomic E-state index is -0.926. The third-order valence-electron chi connectivity index (χ3n) is 4.40. The molecule has 0 heterocycles. The summed E-state index contributed by atoms with van der Waals surface area (Å²) < 4.78 is 5.15. The molecule has 0 saturated carbocycles. The average molecular weight is 446 g/mol. The summed E-state index contributed by atoms with van der Waals surface area (Å²) in [4.78, 5) is 39.1. The van der Waals surface area contributed by atoms with Gasteiger partial charge in [-0.15, -0.1) is 0 Å². The maximum atomic E-state index is 13.2. The second-order valence-corrected chi connectivity index (χ2v) is 8.50. The molecule has 2 N–H and O–H groups in total. The summed E-state index contributed by atoms with van der Waals surface area (Å²) in [6.45, 7) is 6.71. The Morgan fingerprint density at radius 1 is 1.06 bits per heavy atom. The van der Waals surface area contributed by atoms with Crippen LogP contribution in [0.2, 0.25) is 5.02 Å². The first-order valence-electron chi connectivity index (χ1n) is 9.83. The number of halogens is 1. The lowest BCUT2D eigenvalue weighted by Crippen LogP contribution is -2.44. The summed E-state index contributed by atoms with van der Waals surface area (Å²) in [5, 5.41) is 5.66. The number of benzene rings is 2. The van der Waals surface area contributed by atoms with Gasteiger partial charge in [-0.05, 0) is 44.9 Å². The van der Waals surface area contributed by atoms with Gasteiger partial charge < -0.3 is 20.3 Å². The average Bonchev–Trinajstić information content (AvgIpc) is 2.68. The molecule has 166 valence electrons. The van der Waals surface area contributed by atoms with Gasteiger partial charge in [-0.3, -0.25) is 9.59 Å². The monoisotopic (exact) mass is 445 g/mol. The van der Waals surface area contributed by atoms with Gasteiger partial charge in [0.1, 0.15) is 18.2 Å². The summed E-state index contributed by atoms with van der Waals surface area (Å²) in [5.41, 5.74) is 1.23. The van der Waals surface area contributed by atoms with Crippen LogP contribution in [0.4, 0.5) is 10.5 Å². The SMILES string of the molecule is Cc1cccc(Cl)c1NC(=O)C(c1ccccc1)N(C)C(=O)CNC(=O)OC(C)(C)C. The summed E-state index contributed by atoms with van der Waals surface area (Å²) >= 11 is 6.25. The van der Waals surface area contributed by atoms with E-state index in [2.05, 4.69) is 10.6 Å². The molecule has 0 aliphatic carbocycles. The van der Waals surface area contributed by atoms with E-state index in [4.69, 9.17) is 16.3 Å². The lowest BCUT2D eigenvalue weighted by molar-refractivity contribution is -0.136. The number of nitrogens with zero attached hydrogens (tertiary/aromatic N) is 1. The predicted octanol–water partition coefficient (Wildman–Crippen LogP) is 4.31. The number of para-hydroxylation sites is 1. The molecule has 2 rings (SSSR count). The van der Waals surface area contributed by atoms with E-state index >= 15 is 0 Å². The van der Waals surface area contributed by atoms with Gasteiger partial charge in [-0.1, -0.05) is 54.1 Å². The van der Waals surface area contributed by atoms with Crippen LogP contribution in [0.25, 0.3) is 0 Å². The molecule has 3 amide bonds. The van der Waals surface area contributed by atoms with Crippen LogP contribution >= 0.6 is 11.6 Å². The first kappa shape index (κ1) is 24.2. The molecule has 0 spiro atoms. The second-order valence-electron chi connectivity index (χ2n) is 8.09. The molecule has 1 unspecified atom stereocenters. The predicted molar refractivity (Wildman–Crippen MR) is 121 cm³/mol. The number of hydrogen-bond acceptors (Lipinski definition) is 4. The van der Waals surface area contributed by atoms with E-state index in [1.54, 1.807) is 57.2 Å². The number of carbonyl (C=O) groups is 3. The molecule has 0 saturated heterocycles. The van der Waals surface area contributed by atoms with Crippen LogP contribution in [-0.4, -0.2) is 42.0 Å². The fourth-order valence-electron chi connectivity index (χ4n) is 2.90. The zero-order valence-corrected chi connectivity index (χ0v) is 19.1. The van der Waals surface area contributed by atoms with Crippen molar-refractivity contribution in [3.05, 3.63) is 64.7 Å². The van der Waals surface area contributed by atoms with Crippen molar-refractivity contribution in [2.45, 2.75) is 39.3 Å². The van der Waals surface area contributed by atoms with Crippen molar-refractivity contribution in [2.75, 3.05) is 18.9 Å². The number of alkyl carbamates (subject to hydrolysis) is 1. The van der Waals surface area contributed by atoms with Crippen LogP contribution in [0.1, 0.15) is 37.9 Å². The lowest BCUT2D eigenvalue weighted by Gasteiger charge is -2.28. The van der Waals surface area contributed by atoms with Crippen molar-refractivity contribution in [3.63, 3.8) is 0 Å².